The highest BCUT2D eigenvalue weighted by Crippen LogP contribution is 1.97. The summed E-state index contributed by atoms with van der Waals surface area (Å²) in [4.78, 5) is 20.5. The summed E-state index contributed by atoms with van der Waals surface area (Å²) in [6.07, 6.45) is 0. The van der Waals surface area contributed by atoms with Gasteiger partial charge in [-0.1, -0.05) is 0 Å². The van der Waals surface area contributed by atoms with Gasteiger partial charge in [-0.2, -0.15) is 0 Å². The summed E-state index contributed by atoms with van der Waals surface area (Å²) < 4.78 is 2.25. The lowest BCUT2D eigenvalue weighted by Crippen LogP contribution is -2.40. The Hall–Kier alpha value is -0.710. The van der Waals surface area contributed by atoms with Gasteiger partial charge in [0.15, 0.2) is 0 Å². The van der Waals surface area contributed by atoms with Crippen molar-refractivity contribution in [3.8, 4) is 0 Å². The first kappa shape index (κ1) is 5.43. The molecule has 0 atom stereocenters. The Bertz CT molecular complexity index is 107. The van der Waals surface area contributed by atoms with Crippen LogP contribution in [0.15, 0.2) is 0 Å². The molecule has 1 aliphatic rings. The molecule has 0 aliphatic carbocycles. The van der Waals surface area contributed by atoms with Crippen LogP contribution in [0.2, 0.25) is 0 Å². The zero-order valence-electron chi connectivity index (χ0n) is 3.93. The molecule has 8 heavy (non-hydrogen) atoms. The standard InChI is InChI=1S/C3H4N2O2S/c6-2-1-4-3(7)5-8-2/h1H2,(H2,4,5,7). The van der Waals surface area contributed by atoms with E-state index in [0.29, 0.717) is 0 Å². The van der Waals surface area contributed by atoms with E-state index < -0.39 is 0 Å². The lowest BCUT2D eigenvalue weighted by atomic mass is 10.7. The van der Waals surface area contributed by atoms with Gasteiger partial charge in [-0.15, -0.1) is 0 Å². The molecule has 0 aromatic carbocycles. The van der Waals surface area contributed by atoms with Crippen molar-refractivity contribution in [2.24, 2.45) is 0 Å². The van der Waals surface area contributed by atoms with E-state index in [1.807, 2.05) is 0 Å². The minimum atomic E-state index is -0.297. The molecule has 4 nitrogen and oxygen atoms in total. The second-order valence-electron chi connectivity index (χ2n) is 1.26. The van der Waals surface area contributed by atoms with Crippen LogP contribution in [0, 0.1) is 0 Å². The maximum atomic E-state index is 10.3. The topological polar surface area (TPSA) is 58.2 Å². The van der Waals surface area contributed by atoms with E-state index in [9.17, 15) is 9.59 Å². The fourth-order valence-electron chi connectivity index (χ4n) is 0.328. The highest BCUT2D eigenvalue weighted by Gasteiger charge is 2.12. The Morgan fingerprint density at radius 2 is 2.25 bits per heavy atom. The van der Waals surface area contributed by atoms with Gasteiger partial charge in [0.05, 0.1) is 6.54 Å². The van der Waals surface area contributed by atoms with Gasteiger partial charge in [-0.3, -0.25) is 9.52 Å². The number of hydrogen-bond donors (Lipinski definition) is 2. The van der Waals surface area contributed by atoms with Crippen molar-refractivity contribution in [2.45, 2.75) is 0 Å². The molecule has 0 aromatic rings. The number of urea groups is 1. The average Bonchev–Trinajstić information content (AvgIpc) is 1.77. The number of carbonyl (C=O) groups excluding carboxylic acids is 2. The summed E-state index contributed by atoms with van der Waals surface area (Å²) in [6, 6.07) is -0.297. The minimum Gasteiger partial charge on any atom is -0.329 e. The first-order valence-corrected chi connectivity index (χ1v) is 2.84. The minimum absolute atomic E-state index is 0.0652. The van der Waals surface area contributed by atoms with Gasteiger partial charge < -0.3 is 5.32 Å². The SMILES string of the molecule is O=C1NCC(=O)SN1. The van der Waals surface area contributed by atoms with Crippen LogP contribution in [0.25, 0.3) is 0 Å². The van der Waals surface area contributed by atoms with E-state index in [0.717, 1.165) is 11.9 Å². The van der Waals surface area contributed by atoms with E-state index in [1.165, 1.54) is 0 Å². The Kier molecular flexibility index (Phi) is 1.38. The van der Waals surface area contributed by atoms with Crippen molar-refractivity contribution in [1.82, 2.24) is 10.0 Å². The smallest absolute Gasteiger partial charge is 0.325 e. The van der Waals surface area contributed by atoms with Crippen LogP contribution in [0.5, 0.6) is 0 Å². The van der Waals surface area contributed by atoms with Gasteiger partial charge in [0.25, 0.3) is 0 Å². The molecular formula is C3H4N2O2S. The highest BCUT2D eigenvalue weighted by molar-refractivity contribution is 8.12. The zero-order chi connectivity index (χ0) is 5.98. The molecule has 1 rings (SSSR count). The lowest BCUT2D eigenvalue weighted by molar-refractivity contribution is -0.110. The van der Waals surface area contributed by atoms with Gasteiger partial charge in [-0.05, 0) is 0 Å². The molecule has 1 saturated heterocycles. The second kappa shape index (κ2) is 2.04. The summed E-state index contributed by atoms with van der Waals surface area (Å²) in [5.41, 5.74) is 0. The summed E-state index contributed by atoms with van der Waals surface area (Å²) in [5.74, 6) is 0. The van der Waals surface area contributed by atoms with Crippen molar-refractivity contribution in [1.29, 1.82) is 0 Å². The van der Waals surface area contributed by atoms with Crippen molar-refractivity contribution in [2.75, 3.05) is 6.54 Å². The largest absolute Gasteiger partial charge is 0.329 e. The van der Waals surface area contributed by atoms with Crippen LogP contribution in [-0.4, -0.2) is 17.7 Å². The molecule has 2 amide bonds. The predicted octanol–water partition coefficient (Wildman–Crippen LogP) is -0.526. The molecule has 1 heterocycles. The first-order chi connectivity index (χ1) is 3.79. The molecule has 1 aliphatic heterocycles. The summed E-state index contributed by atoms with van der Waals surface area (Å²) >= 11 is 0.825. The lowest BCUT2D eigenvalue weighted by Gasteiger charge is -2.09. The molecule has 44 valence electrons. The van der Waals surface area contributed by atoms with Crippen molar-refractivity contribution in [3.63, 3.8) is 0 Å². The molecule has 2 N–H and O–H groups in total. The third-order valence-electron chi connectivity index (χ3n) is 0.651. The number of rotatable bonds is 0. The van der Waals surface area contributed by atoms with Gasteiger partial charge in [-0.25, -0.2) is 4.79 Å². The van der Waals surface area contributed by atoms with Gasteiger partial charge >= 0.3 is 6.03 Å². The molecule has 0 bridgehead atoms. The van der Waals surface area contributed by atoms with Crippen LogP contribution in [-0.2, 0) is 4.79 Å². The van der Waals surface area contributed by atoms with Crippen LogP contribution >= 0.6 is 11.9 Å². The summed E-state index contributed by atoms with van der Waals surface area (Å²) in [7, 11) is 0. The Morgan fingerprint density at radius 3 is 2.62 bits per heavy atom. The Morgan fingerprint density at radius 1 is 1.50 bits per heavy atom. The van der Waals surface area contributed by atoms with Gasteiger partial charge in [0, 0.05) is 11.9 Å². The maximum Gasteiger partial charge on any atom is 0.325 e. The van der Waals surface area contributed by atoms with Crippen molar-refractivity contribution >= 4 is 23.1 Å². The number of nitrogens with one attached hydrogen (secondary N) is 2. The number of carbonyl (C=O) groups is 2. The van der Waals surface area contributed by atoms with E-state index in [1.54, 1.807) is 0 Å². The molecule has 0 saturated carbocycles. The van der Waals surface area contributed by atoms with E-state index in [4.69, 9.17) is 0 Å². The van der Waals surface area contributed by atoms with E-state index in [2.05, 4.69) is 10.0 Å². The molecule has 0 radical (unpaired) electrons. The number of hydrogen-bond acceptors (Lipinski definition) is 3. The van der Waals surface area contributed by atoms with Crippen LogP contribution in [0.3, 0.4) is 0 Å². The quantitative estimate of drug-likeness (QED) is 0.436. The molecular weight excluding hydrogens is 128 g/mol. The van der Waals surface area contributed by atoms with Gasteiger partial charge in [0.1, 0.15) is 0 Å². The third-order valence-corrected chi connectivity index (χ3v) is 1.31. The van der Waals surface area contributed by atoms with Crippen LogP contribution in [0.4, 0.5) is 4.79 Å². The fourth-order valence-corrected chi connectivity index (χ4v) is 0.751. The molecule has 5 heteroatoms. The molecule has 0 aromatic heterocycles. The predicted molar refractivity (Wildman–Crippen MR) is 29.1 cm³/mol. The summed E-state index contributed by atoms with van der Waals surface area (Å²) in [5, 5.41) is 2.25. The Balaban J connectivity index is 2.40. The molecule has 0 spiro atoms. The summed E-state index contributed by atoms with van der Waals surface area (Å²) in [6.45, 7) is 0.135. The average molecular weight is 132 g/mol. The highest BCUT2D eigenvalue weighted by atomic mass is 32.2. The maximum absolute atomic E-state index is 10.3. The van der Waals surface area contributed by atoms with Crippen molar-refractivity contribution in [3.05, 3.63) is 0 Å². The van der Waals surface area contributed by atoms with Crippen molar-refractivity contribution < 1.29 is 9.59 Å². The third kappa shape index (κ3) is 1.13. The van der Waals surface area contributed by atoms with E-state index >= 15 is 0 Å². The van der Waals surface area contributed by atoms with E-state index in [-0.39, 0.29) is 17.7 Å². The monoisotopic (exact) mass is 132 g/mol. The second-order valence-corrected chi connectivity index (χ2v) is 2.12. The fraction of sp³-hybridized carbons (Fsp3) is 0.333. The van der Waals surface area contributed by atoms with Gasteiger partial charge in [0.2, 0.25) is 5.12 Å². The number of amides is 2. The van der Waals surface area contributed by atoms with Crippen LogP contribution < -0.4 is 10.0 Å². The zero-order valence-corrected chi connectivity index (χ0v) is 4.75. The first-order valence-electron chi connectivity index (χ1n) is 2.02. The molecule has 0 unspecified atom stereocenters. The van der Waals surface area contributed by atoms with Crippen LogP contribution in [0.1, 0.15) is 0 Å². The Labute approximate surface area is 50.1 Å². The normalized spacial score (nSPS) is 19.5. The molecule has 1 fully saturated rings.